The third kappa shape index (κ3) is 4.78. The van der Waals surface area contributed by atoms with Crippen LogP contribution in [0, 0.1) is 19.7 Å². The minimum Gasteiger partial charge on any atom is -0.507 e. The number of aryl methyl sites for hydroxylation is 1. The van der Waals surface area contributed by atoms with Crippen LogP contribution in [0.3, 0.4) is 0 Å². The first kappa shape index (κ1) is 25.6. The van der Waals surface area contributed by atoms with Gasteiger partial charge in [-0.15, -0.1) is 0 Å². The maximum atomic E-state index is 14.2. The molecule has 10 heteroatoms. The van der Waals surface area contributed by atoms with E-state index in [4.69, 9.17) is 9.47 Å². The second kappa shape index (κ2) is 10.6. The van der Waals surface area contributed by atoms with E-state index in [9.17, 15) is 23.9 Å². The van der Waals surface area contributed by atoms with Gasteiger partial charge in [-0.3, -0.25) is 14.5 Å². The number of amides is 1. The Labute approximate surface area is 208 Å². The molecule has 0 unspecified atom stereocenters. The minimum absolute atomic E-state index is 0.138. The van der Waals surface area contributed by atoms with Crippen LogP contribution in [-0.4, -0.2) is 84.1 Å². The second-order valence-corrected chi connectivity index (χ2v) is 8.97. The molecular formula is C26H30FN3O6. The number of hydrogen-bond donors (Lipinski definition) is 2. The molecule has 2 saturated heterocycles. The molecule has 1 aromatic heterocycles. The topological polar surface area (TPSA) is 112 Å². The lowest BCUT2D eigenvalue weighted by molar-refractivity contribution is -0.140. The Bertz CT molecular complexity index is 1210. The van der Waals surface area contributed by atoms with Gasteiger partial charge in [0.2, 0.25) is 0 Å². The number of H-pyrrole nitrogens is 1. The predicted octanol–water partition coefficient (Wildman–Crippen LogP) is 2.70. The van der Waals surface area contributed by atoms with Crippen molar-refractivity contribution in [2.75, 3.05) is 46.5 Å². The van der Waals surface area contributed by atoms with E-state index in [-0.39, 0.29) is 23.4 Å². The van der Waals surface area contributed by atoms with Gasteiger partial charge in [-0.2, -0.15) is 0 Å². The van der Waals surface area contributed by atoms with E-state index in [1.165, 1.54) is 30.2 Å². The number of halogens is 1. The van der Waals surface area contributed by atoms with Crippen LogP contribution in [0.1, 0.15) is 45.3 Å². The first-order chi connectivity index (χ1) is 17.2. The molecule has 2 aliphatic rings. The Morgan fingerprint density at radius 3 is 2.61 bits per heavy atom. The van der Waals surface area contributed by atoms with Gasteiger partial charge in [-0.1, -0.05) is 12.1 Å². The average Bonchev–Trinajstić information content (AvgIpc) is 3.31. The van der Waals surface area contributed by atoms with E-state index < -0.39 is 35.3 Å². The molecule has 36 heavy (non-hydrogen) atoms. The molecule has 0 radical (unpaired) electrons. The normalized spacial score (nSPS) is 20.2. The number of Topliss-reactive ketones (excluding diaryl/α,β-unsaturated/α-hetero) is 1. The fraction of sp³-hybridized carbons (Fsp3) is 0.423. The number of carbonyl (C=O) groups excluding carboxylic acids is 3. The molecular weight excluding hydrogens is 469 g/mol. The highest BCUT2D eigenvalue weighted by Crippen LogP contribution is 2.41. The summed E-state index contributed by atoms with van der Waals surface area (Å²) in [5.41, 5.74) is 1.43. The lowest BCUT2D eigenvalue weighted by atomic mass is 9.94. The summed E-state index contributed by atoms with van der Waals surface area (Å²) in [5, 5.41) is 11.4. The number of aliphatic hydroxyl groups excluding tert-OH is 1. The molecule has 0 saturated carbocycles. The van der Waals surface area contributed by atoms with Crippen molar-refractivity contribution in [1.82, 2.24) is 14.8 Å². The number of benzene rings is 1. The van der Waals surface area contributed by atoms with E-state index in [2.05, 4.69) is 9.88 Å². The Hall–Kier alpha value is -3.50. The fourth-order valence-corrected chi connectivity index (χ4v) is 4.97. The number of esters is 1. The third-order valence-corrected chi connectivity index (χ3v) is 6.75. The zero-order valence-electron chi connectivity index (χ0n) is 20.6. The number of morpholine rings is 1. The molecule has 1 aromatic carbocycles. The van der Waals surface area contributed by atoms with Gasteiger partial charge in [-0.25, -0.2) is 9.18 Å². The van der Waals surface area contributed by atoms with Crippen LogP contribution in [0.2, 0.25) is 0 Å². The summed E-state index contributed by atoms with van der Waals surface area (Å²) < 4.78 is 24.4. The number of aromatic nitrogens is 1. The number of methoxy groups -OCH3 is 1. The lowest BCUT2D eigenvalue weighted by Crippen LogP contribution is -2.39. The molecule has 2 N–H and O–H groups in total. The number of nitrogens with zero attached hydrogens (tertiary/aromatic N) is 2. The number of rotatable bonds is 7. The van der Waals surface area contributed by atoms with Gasteiger partial charge in [-0.05, 0) is 43.5 Å². The largest absolute Gasteiger partial charge is 0.507 e. The summed E-state index contributed by atoms with van der Waals surface area (Å²) in [6, 6.07) is 4.69. The van der Waals surface area contributed by atoms with Gasteiger partial charge in [0.15, 0.2) is 0 Å². The first-order valence-corrected chi connectivity index (χ1v) is 11.9. The zero-order valence-corrected chi connectivity index (χ0v) is 20.6. The minimum atomic E-state index is -0.972. The molecule has 192 valence electrons. The molecule has 9 nitrogen and oxygen atoms in total. The van der Waals surface area contributed by atoms with Crippen molar-refractivity contribution in [3.05, 3.63) is 63.7 Å². The summed E-state index contributed by atoms with van der Waals surface area (Å²) in [6.45, 7) is 7.10. The molecule has 4 rings (SSSR count). The Morgan fingerprint density at radius 2 is 1.94 bits per heavy atom. The maximum Gasteiger partial charge on any atom is 0.354 e. The lowest BCUT2D eigenvalue weighted by Gasteiger charge is -2.29. The molecule has 3 heterocycles. The molecule has 2 aromatic rings. The SMILES string of the molecule is COC(=O)c1[nH]c(C)c(C(O)=C2C(=O)C(=O)N(CCCN3CCOCC3)[C@@H]2c2cccc(F)c2)c1C. The van der Waals surface area contributed by atoms with Crippen molar-refractivity contribution < 1.29 is 33.4 Å². The fourth-order valence-electron chi connectivity index (χ4n) is 4.97. The highest BCUT2D eigenvalue weighted by atomic mass is 19.1. The van der Waals surface area contributed by atoms with Crippen LogP contribution in [0.4, 0.5) is 4.39 Å². The Morgan fingerprint density at radius 1 is 1.22 bits per heavy atom. The van der Waals surface area contributed by atoms with E-state index in [0.29, 0.717) is 43.0 Å². The summed E-state index contributed by atoms with van der Waals surface area (Å²) >= 11 is 0. The third-order valence-electron chi connectivity index (χ3n) is 6.75. The van der Waals surface area contributed by atoms with Crippen molar-refractivity contribution in [2.45, 2.75) is 26.3 Å². The second-order valence-electron chi connectivity index (χ2n) is 8.97. The standard InChI is InChI=1S/C26H30FN3O6/c1-15-19(16(2)28-21(15)26(34)35-3)23(31)20-22(17-6-4-7-18(27)14-17)30(25(33)24(20)32)9-5-8-29-10-12-36-13-11-29/h4,6-7,14,22,28,31H,5,8-13H2,1-3H3/t22-/m1/s1. The predicted molar refractivity (Wildman–Crippen MR) is 129 cm³/mol. The van der Waals surface area contributed by atoms with E-state index >= 15 is 0 Å². The van der Waals surface area contributed by atoms with Crippen LogP contribution in [0.25, 0.3) is 5.76 Å². The summed E-state index contributed by atoms with van der Waals surface area (Å²) in [7, 11) is 1.24. The van der Waals surface area contributed by atoms with Crippen LogP contribution < -0.4 is 0 Å². The molecule has 1 atom stereocenters. The highest BCUT2D eigenvalue weighted by Gasteiger charge is 2.46. The monoisotopic (exact) mass is 499 g/mol. The van der Waals surface area contributed by atoms with Gasteiger partial charge in [0.05, 0.1) is 31.9 Å². The quantitative estimate of drug-likeness (QED) is 0.261. The zero-order chi connectivity index (χ0) is 26.0. The molecule has 0 bridgehead atoms. The van der Waals surface area contributed by atoms with Gasteiger partial charge >= 0.3 is 5.97 Å². The van der Waals surface area contributed by atoms with Gasteiger partial charge in [0.1, 0.15) is 17.3 Å². The number of ketones is 1. The van der Waals surface area contributed by atoms with E-state index in [1.807, 2.05) is 0 Å². The maximum absolute atomic E-state index is 14.2. The van der Waals surface area contributed by atoms with Crippen molar-refractivity contribution in [1.29, 1.82) is 0 Å². The van der Waals surface area contributed by atoms with Crippen molar-refractivity contribution in [2.24, 2.45) is 0 Å². The number of ether oxygens (including phenoxy) is 2. The van der Waals surface area contributed by atoms with Crippen LogP contribution in [-0.2, 0) is 19.1 Å². The Kier molecular flexibility index (Phi) is 7.56. The van der Waals surface area contributed by atoms with Crippen molar-refractivity contribution >= 4 is 23.4 Å². The number of hydrogen-bond acceptors (Lipinski definition) is 7. The van der Waals surface area contributed by atoms with Crippen molar-refractivity contribution in [3.8, 4) is 0 Å². The average molecular weight is 500 g/mol. The summed E-state index contributed by atoms with van der Waals surface area (Å²) in [6.07, 6.45) is 0.591. The highest BCUT2D eigenvalue weighted by molar-refractivity contribution is 6.46. The van der Waals surface area contributed by atoms with E-state index in [1.54, 1.807) is 19.9 Å². The van der Waals surface area contributed by atoms with Crippen molar-refractivity contribution in [3.63, 3.8) is 0 Å². The van der Waals surface area contributed by atoms with Gasteiger partial charge in [0.25, 0.3) is 11.7 Å². The van der Waals surface area contributed by atoms with Crippen LogP contribution >= 0.6 is 0 Å². The number of likely N-dealkylation sites (tertiary alicyclic amines) is 1. The van der Waals surface area contributed by atoms with Gasteiger partial charge in [0, 0.05) is 37.4 Å². The molecule has 1 amide bonds. The van der Waals surface area contributed by atoms with Crippen LogP contribution in [0.5, 0.6) is 0 Å². The molecule has 2 aliphatic heterocycles. The molecule has 0 aliphatic carbocycles. The van der Waals surface area contributed by atoms with E-state index in [0.717, 1.165) is 13.1 Å². The Balaban J connectivity index is 1.75. The molecule has 2 fully saturated rings. The smallest absolute Gasteiger partial charge is 0.354 e. The molecule has 0 spiro atoms. The number of nitrogens with one attached hydrogen (secondary N) is 1. The van der Waals surface area contributed by atoms with Gasteiger partial charge < -0.3 is 24.5 Å². The van der Waals surface area contributed by atoms with Crippen LogP contribution in [0.15, 0.2) is 29.8 Å². The summed E-state index contributed by atoms with van der Waals surface area (Å²) in [4.78, 5) is 45.1. The number of carbonyl (C=O) groups is 3. The summed E-state index contributed by atoms with van der Waals surface area (Å²) in [5.74, 6) is -3.17. The number of aliphatic hydroxyl groups is 1. The number of aromatic amines is 1. The first-order valence-electron chi connectivity index (χ1n) is 11.9.